The zero-order valence-corrected chi connectivity index (χ0v) is 11.7. The molecule has 0 amide bonds. The van der Waals surface area contributed by atoms with Crippen LogP contribution in [0, 0.1) is 0 Å². The van der Waals surface area contributed by atoms with E-state index >= 15 is 0 Å². The fourth-order valence-corrected chi connectivity index (χ4v) is 3.30. The van der Waals surface area contributed by atoms with Crippen molar-refractivity contribution in [2.45, 2.75) is 12.5 Å². The van der Waals surface area contributed by atoms with Crippen molar-refractivity contribution in [1.29, 1.82) is 0 Å². The highest BCUT2D eigenvalue weighted by molar-refractivity contribution is 7.16. The SMILES string of the molecule is OC(Cc1ccc(Cl)s1)c1cccc2ncccc12. The van der Waals surface area contributed by atoms with Gasteiger partial charge in [0.1, 0.15) is 0 Å². The van der Waals surface area contributed by atoms with Crippen molar-refractivity contribution in [3.05, 3.63) is 63.4 Å². The van der Waals surface area contributed by atoms with Crippen molar-refractivity contribution in [2.24, 2.45) is 0 Å². The molecule has 0 aliphatic carbocycles. The van der Waals surface area contributed by atoms with E-state index in [-0.39, 0.29) is 0 Å². The Morgan fingerprint density at radius 2 is 2.05 bits per heavy atom. The second-order valence-electron chi connectivity index (χ2n) is 4.34. The Labute approximate surface area is 120 Å². The summed E-state index contributed by atoms with van der Waals surface area (Å²) in [7, 11) is 0. The molecule has 0 saturated heterocycles. The zero-order valence-electron chi connectivity index (χ0n) is 10.1. The first-order valence-electron chi connectivity index (χ1n) is 6.00. The number of rotatable bonds is 3. The normalized spacial score (nSPS) is 12.7. The number of aromatic nitrogens is 1. The van der Waals surface area contributed by atoms with Gasteiger partial charge in [-0.25, -0.2) is 0 Å². The predicted octanol–water partition coefficient (Wildman–Crippen LogP) is 4.23. The predicted molar refractivity (Wildman–Crippen MR) is 79.7 cm³/mol. The summed E-state index contributed by atoms with van der Waals surface area (Å²) >= 11 is 7.42. The molecular weight excluding hydrogens is 278 g/mol. The number of hydrogen-bond acceptors (Lipinski definition) is 3. The maximum absolute atomic E-state index is 10.4. The van der Waals surface area contributed by atoms with Crippen LogP contribution in [0.15, 0.2) is 48.7 Å². The van der Waals surface area contributed by atoms with Crippen LogP contribution >= 0.6 is 22.9 Å². The van der Waals surface area contributed by atoms with Gasteiger partial charge in [0.25, 0.3) is 0 Å². The van der Waals surface area contributed by atoms with Crippen LogP contribution in [0.4, 0.5) is 0 Å². The van der Waals surface area contributed by atoms with E-state index in [0.29, 0.717) is 6.42 Å². The number of thiophene rings is 1. The van der Waals surface area contributed by atoms with Crippen LogP contribution < -0.4 is 0 Å². The Kier molecular flexibility index (Phi) is 3.51. The molecule has 3 aromatic rings. The van der Waals surface area contributed by atoms with Crippen LogP contribution in [0.3, 0.4) is 0 Å². The lowest BCUT2D eigenvalue weighted by Gasteiger charge is -2.12. The summed E-state index contributed by atoms with van der Waals surface area (Å²) < 4.78 is 0.752. The number of pyridine rings is 1. The van der Waals surface area contributed by atoms with E-state index in [1.165, 1.54) is 11.3 Å². The van der Waals surface area contributed by atoms with Gasteiger partial charge in [-0.05, 0) is 29.8 Å². The average molecular weight is 290 g/mol. The number of hydrogen-bond donors (Lipinski definition) is 1. The number of nitrogens with zero attached hydrogens (tertiary/aromatic N) is 1. The highest BCUT2D eigenvalue weighted by Gasteiger charge is 2.13. The molecule has 0 aliphatic heterocycles. The Bertz CT molecular complexity index is 705. The molecule has 3 rings (SSSR count). The number of fused-ring (bicyclic) bond motifs is 1. The van der Waals surface area contributed by atoms with Crippen molar-refractivity contribution in [3.8, 4) is 0 Å². The van der Waals surface area contributed by atoms with Crippen molar-refractivity contribution >= 4 is 33.8 Å². The average Bonchev–Trinajstić information content (AvgIpc) is 2.83. The Balaban J connectivity index is 1.95. The molecular formula is C15H12ClNOS. The molecule has 2 aromatic heterocycles. The van der Waals surface area contributed by atoms with Crippen molar-refractivity contribution in [3.63, 3.8) is 0 Å². The molecule has 2 heterocycles. The summed E-state index contributed by atoms with van der Waals surface area (Å²) in [5.41, 5.74) is 1.82. The Morgan fingerprint density at radius 3 is 2.84 bits per heavy atom. The molecule has 0 saturated carbocycles. The molecule has 0 fully saturated rings. The Morgan fingerprint density at radius 1 is 1.16 bits per heavy atom. The minimum atomic E-state index is -0.539. The third kappa shape index (κ3) is 2.63. The molecule has 2 nitrogen and oxygen atoms in total. The van der Waals surface area contributed by atoms with Crippen LogP contribution in [-0.4, -0.2) is 10.1 Å². The molecule has 0 bridgehead atoms. The van der Waals surface area contributed by atoms with E-state index in [2.05, 4.69) is 4.98 Å². The van der Waals surface area contributed by atoms with E-state index < -0.39 is 6.10 Å². The van der Waals surface area contributed by atoms with Crippen molar-refractivity contribution in [1.82, 2.24) is 4.98 Å². The fourth-order valence-electron chi connectivity index (χ4n) is 2.18. The zero-order chi connectivity index (χ0) is 13.2. The maximum Gasteiger partial charge on any atom is 0.0931 e. The molecule has 0 radical (unpaired) electrons. The van der Waals surface area contributed by atoms with Gasteiger partial charge in [-0.15, -0.1) is 11.3 Å². The molecule has 1 aromatic carbocycles. The molecule has 4 heteroatoms. The molecule has 1 unspecified atom stereocenters. The van der Waals surface area contributed by atoms with Gasteiger partial charge in [0.2, 0.25) is 0 Å². The van der Waals surface area contributed by atoms with Gasteiger partial charge in [-0.1, -0.05) is 29.8 Å². The molecule has 19 heavy (non-hydrogen) atoms. The summed E-state index contributed by atoms with van der Waals surface area (Å²) in [5, 5.41) is 11.4. The van der Waals surface area contributed by atoms with E-state index in [0.717, 1.165) is 25.7 Å². The first-order valence-corrected chi connectivity index (χ1v) is 7.19. The van der Waals surface area contributed by atoms with Crippen LogP contribution in [0.5, 0.6) is 0 Å². The van der Waals surface area contributed by atoms with E-state index in [4.69, 9.17) is 11.6 Å². The van der Waals surface area contributed by atoms with E-state index in [1.807, 2.05) is 42.5 Å². The van der Waals surface area contributed by atoms with Crippen LogP contribution in [0.1, 0.15) is 16.5 Å². The largest absolute Gasteiger partial charge is 0.388 e. The van der Waals surface area contributed by atoms with Crippen molar-refractivity contribution in [2.75, 3.05) is 0 Å². The standard InChI is InChI=1S/C15H12ClNOS/c16-15-7-6-10(19-15)9-14(18)12-3-1-5-13-11(12)4-2-8-17-13/h1-8,14,18H,9H2. The maximum atomic E-state index is 10.4. The molecule has 1 N–H and O–H groups in total. The molecule has 0 spiro atoms. The van der Waals surface area contributed by atoms with E-state index in [1.54, 1.807) is 6.20 Å². The van der Waals surface area contributed by atoms with Gasteiger partial charge >= 0.3 is 0 Å². The first-order chi connectivity index (χ1) is 9.24. The summed E-state index contributed by atoms with van der Waals surface area (Å²) in [6, 6.07) is 13.5. The topological polar surface area (TPSA) is 33.1 Å². The number of aliphatic hydroxyl groups excluding tert-OH is 1. The lowest BCUT2D eigenvalue weighted by atomic mass is 10.0. The quantitative estimate of drug-likeness (QED) is 0.783. The summed E-state index contributed by atoms with van der Waals surface area (Å²) in [5.74, 6) is 0. The molecule has 0 aliphatic rings. The highest BCUT2D eigenvalue weighted by Crippen LogP contribution is 2.29. The second-order valence-corrected chi connectivity index (χ2v) is 6.14. The lowest BCUT2D eigenvalue weighted by molar-refractivity contribution is 0.181. The van der Waals surface area contributed by atoms with Crippen molar-refractivity contribution < 1.29 is 5.11 Å². The smallest absolute Gasteiger partial charge is 0.0931 e. The lowest BCUT2D eigenvalue weighted by Crippen LogP contribution is -2.01. The van der Waals surface area contributed by atoms with Crippen LogP contribution in [-0.2, 0) is 6.42 Å². The first kappa shape index (κ1) is 12.6. The molecule has 96 valence electrons. The number of halogens is 1. The number of benzene rings is 1. The third-order valence-corrected chi connectivity index (χ3v) is 4.32. The van der Waals surface area contributed by atoms with Gasteiger partial charge in [0, 0.05) is 22.9 Å². The number of aliphatic hydroxyl groups is 1. The summed E-state index contributed by atoms with van der Waals surface area (Å²) in [4.78, 5) is 5.39. The van der Waals surface area contributed by atoms with E-state index in [9.17, 15) is 5.11 Å². The van der Waals surface area contributed by atoms with Gasteiger partial charge in [-0.2, -0.15) is 0 Å². The summed E-state index contributed by atoms with van der Waals surface area (Å²) in [6.45, 7) is 0. The van der Waals surface area contributed by atoms with Gasteiger partial charge < -0.3 is 5.11 Å². The minimum Gasteiger partial charge on any atom is -0.388 e. The van der Waals surface area contributed by atoms with Gasteiger partial charge in [0.05, 0.1) is 16.0 Å². The third-order valence-electron chi connectivity index (χ3n) is 3.06. The monoisotopic (exact) mass is 289 g/mol. The van der Waals surface area contributed by atoms with Gasteiger partial charge in [-0.3, -0.25) is 4.98 Å². The second kappa shape index (κ2) is 5.29. The minimum absolute atomic E-state index is 0.539. The summed E-state index contributed by atoms with van der Waals surface area (Å²) in [6.07, 6.45) is 1.80. The fraction of sp³-hybridized carbons (Fsp3) is 0.133. The van der Waals surface area contributed by atoms with Crippen LogP contribution in [0.25, 0.3) is 10.9 Å². The van der Waals surface area contributed by atoms with Crippen LogP contribution in [0.2, 0.25) is 4.34 Å². The molecule has 1 atom stereocenters. The van der Waals surface area contributed by atoms with Gasteiger partial charge in [0.15, 0.2) is 0 Å². The highest BCUT2D eigenvalue weighted by atomic mass is 35.5. The Hall–Kier alpha value is -1.42.